The van der Waals surface area contributed by atoms with Crippen molar-refractivity contribution in [3.05, 3.63) is 24.3 Å². The average molecular weight is 291 g/mol. The molecule has 1 saturated heterocycles. The van der Waals surface area contributed by atoms with Gasteiger partial charge in [-0.1, -0.05) is 19.1 Å². The molecule has 1 aromatic rings. The number of aliphatic hydroxyl groups is 1. The molecule has 1 fully saturated rings. The van der Waals surface area contributed by atoms with E-state index in [1.807, 2.05) is 38.1 Å². The van der Waals surface area contributed by atoms with E-state index in [0.29, 0.717) is 31.0 Å². The number of hydrogen-bond donors (Lipinski definition) is 1. The van der Waals surface area contributed by atoms with E-state index >= 15 is 0 Å². The second-order valence-corrected chi connectivity index (χ2v) is 5.93. The number of para-hydroxylation sites is 2. The first-order valence-corrected chi connectivity index (χ1v) is 7.45. The van der Waals surface area contributed by atoms with E-state index in [1.54, 1.807) is 4.90 Å². The highest BCUT2D eigenvalue weighted by atomic mass is 16.6. The van der Waals surface area contributed by atoms with Crippen LogP contribution < -0.4 is 9.47 Å². The minimum atomic E-state index is -0.623. The van der Waals surface area contributed by atoms with Crippen molar-refractivity contribution < 1.29 is 19.4 Å². The van der Waals surface area contributed by atoms with E-state index in [1.165, 1.54) is 0 Å². The predicted molar refractivity (Wildman–Crippen MR) is 77.3 cm³/mol. The van der Waals surface area contributed by atoms with Crippen molar-refractivity contribution in [2.75, 3.05) is 13.1 Å². The number of ether oxygens (including phenoxy) is 2. The lowest BCUT2D eigenvalue weighted by Gasteiger charge is -2.38. The van der Waals surface area contributed by atoms with Crippen molar-refractivity contribution in [2.45, 2.75) is 38.6 Å². The van der Waals surface area contributed by atoms with Crippen molar-refractivity contribution in [2.24, 2.45) is 5.92 Å². The zero-order valence-electron chi connectivity index (χ0n) is 12.4. The Morgan fingerprint density at radius 2 is 1.90 bits per heavy atom. The summed E-state index contributed by atoms with van der Waals surface area (Å²) in [5.41, 5.74) is 0. The van der Waals surface area contributed by atoms with Crippen LogP contribution in [0.15, 0.2) is 24.3 Å². The second kappa shape index (κ2) is 5.56. The van der Waals surface area contributed by atoms with Gasteiger partial charge in [0.2, 0.25) is 6.10 Å². The lowest BCUT2D eigenvalue weighted by atomic mass is 9.96. The van der Waals surface area contributed by atoms with E-state index in [9.17, 15) is 9.90 Å². The van der Waals surface area contributed by atoms with Crippen LogP contribution in [-0.4, -0.2) is 47.3 Å². The Morgan fingerprint density at radius 3 is 2.57 bits per heavy atom. The van der Waals surface area contributed by atoms with Crippen LogP contribution in [0.1, 0.15) is 20.3 Å². The Labute approximate surface area is 124 Å². The number of nitrogens with zero attached hydrogens (tertiary/aromatic N) is 1. The van der Waals surface area contributed by atoms with Crippen LogP contribution in [0.25, 0.3) is 0 Å². The van der Waals surface area contributed by atoms with Gasteiger partial charge in [-0.05, 0) is 31.4 Å². The zero-order chi connectivity index (χ0) is 15.0. The maximum atomic E-state index is 12.7. The SMILES string of the molecule is CC1CN(C(=O)C2Oc3ccccc3OC2C)CCC1O. The fraction of sp³-hybridized carbons (Fsp3) is 0.562. The van der Waals surface area contributed by atoms with Crippen molar-refractivity contribution in [1.29, 1.82) is 0 Å². The highest BCUT2D eigenvalue weighted by molar-refractivity contribution is 5.82. The maximum absolute atomic E-state index is 12.7. The minimum absolute atomic E-state index is 0.0595. The van der Waals surface area contributed by atoms with Crippen molar-refractivity contribution in [3.8, 4) is 11.5 Å². The van der Waals surface area contributed by atoms with Crippen LogP contribution in [-0.2, 0) is 4.79 Å². The van der Waals surface area contributed by atoms with Gasteiger partial charge in [-0.25, -0.2) is 0 Å². The quantitative estimate of drug-likeness (QED) is 0.850. The van der Waals surface area contributed by atoms with E-state index < -0.39 is 6.10 Å². The number of rotatable bonds is 1. The predicted octanol–water partition coefficient (Wildman–Crippen LogP) is 1.44. The Balaban J connectivity index is 1.73. The van der Waals surface area contributed by atoms with Gasteiger partial charge in [-0.3, -0.25) is 4.79 Å². The van der Waals surface area contributed by atoms with Crippen LogP contribution in [0.2, 0.25) is 0 Å². The molecule has 5 heteroatoms. The third kappa shape index (κ3) is 2.70. The van der Waals surface area contributed by atoms with Crippen LogP contribution >= 0.6 is 0 Å². The summed E-state index contributed by atoms with van der Waals surface area (Å²) in [6.45, 7) is 4.94. The first-order valence-electron chi connectivity index (χ1n) is 7.45. The number of carbonyl (C=O) groups excluding carboxylic acids is 1. The first kappa shape index (κ1) is 14.2. The van der Waals surface area contributed by atoms with Gasteiger partial charge in [0.05, 0.1) is 6.10 Å². The number of aliphatic hydroxyl groups excluding tert-OH is 1. The lowest BCUT2D eigenvalue weighted by Crippen LogP contribution is -2.54. The van der Waals surface area contributed by atoms with Crippen LogP contribution in [0.5, 0.6) is 11.5 Å². The summed E-state index contributed by atoms with van der Waals surface area (Å²) in [5, 5.41) is 9.78. The van der Waals surface area contributed by atoms with Gasteiger partial charge >= 0.3 is 0 Å². The fourth-order valence-corrected chi connectivity index (χ4v) is 2.90. The molecular formula is C16H21NO4. The Bertz CT molecular complexity index is 533. The average Bonchev–Trinajstić information content (AvgIpc) is 2.48. The normalized spacial score (nSPS) is 31.9. The van der Waals surface area contributed by atoms with Gasteiger partial charge in [-0.15, -0.1) is 0 Å². The number of hydrogen-bond acceptors (Lipinski definition) is 4. The summed E-state index contributed by atoms with van der Waals surface area (Å²) in [4.78, 5) is 14.4. The molecule has 2 aliphatic rings. The Morgan fingerprint density at radius 1 is 1.24 bits per heavy atom. The number of amides is 1. The maximum Gasteiger partial charge on any atom is 0.267 e. The summed E-state index contributed by atoms with van der Waals surface area (Å²) in [7, 11) is 0. The number of likely N-dealkylation sites (tertiary alicyclic amines) is 1. The molecule has 4 unspecified atom stereocenters. The summed E-state index contributed by atoms with van der Waals surface area (Å²) in [6, 6.07) is 7.39. The third-order valence-corrected chi connectivity index (χ3v) is 4.26. The molecule has 2 aliphatic heterocycles. The molecule has 5 nitrogen and oxygen atoms in total. The number of fused-ring (bicyclic) bond motifs is 1. The summed E-state index contributed by atoms with van der Waals surface area (Å²) >= 11 is 0. The molecule has 3 rings (SSSR count). The van der Waals surface area contributed by atoms with E-state index in [0.717, 1.165) is 0 Å². The molecule has 0 aliphatic carbocycles. The highest BCUT2D eigenvalue weighted by Crippen LogP contribution is 2.34. The van der Waals surface area contributed by atoms with E-state index in [4.69, 9.17) is 9.47 Å². The van der Waals surface area contributed by atoms with Gasteiger partial charge in [-0.2, -0.15) is 0 Å². The smallest absolute Gasteiger partial charge is 0.267 e. The van der Waals surface area contributed by atoms with Crippen LogP contribution in [0.3, 0.4) is 0 Å². The fourth-order valence-electron chi connectivity index (χ4n) is 2.90. The van der Waals surface area contributed by atoms with Gasteiger partial charge in [0.15, 0.2) is 11.5 Å². The standard InChI is InChI=1S/C16H21NO4/c1-10-9-17(8-7-12(10)18)16(19)15-11(2)20-13-5-3-4-6-14(13)21-15/h3-6,10-12,15,18H,7-9H2,1-2H3. The molecule has 0 saturated carbocycles. The molecule has 1 amide bonds. The largest absolute Gasteiger partial charge is 0.482 e. The molecule has 2 heterocycles. The van der Waals surface area contributed by atoms with Crippen LogP contribution in [0.4, 0.5) is 0 Å². The molecule has 4 atom stereocenters. The summed E-state index contributed by atoms with van der Waals surface area (Å²) in [6.07, 6.45) is -0.654. The molecule has 0 radical (unpaired) electrons. The third-order valence-electron chi connectivity index (χ3n) is 4.26. The summed E-state index contributed by atoms with van der Waals surface area (Å²) < 4.78 is 11.6. The lowest BCUT2D eigenvalue weighted by molar-refractivity contribution is -0.147. The highest BCUT2D eigenvalue weighted by Gasteiger charge is 2.38. The Hall–Kier alpha value is -1.75. The van der Waals surface area contributed by atoms with Gasteiger partial charge in [0.25, 0.3) is 5.91 Å². The van der Waals surface area contributed by atoms with Gasteiger partial charge in [0.1, 0.15) is 6.10 Å². The van der Waals surface area contributed by atoms with E-state index in [2.05, 4.69) is 0 Å². The number of piperidine rings is 1. The molecule has 21 heavy (non-hydrogen) atoms. The molecule has 1 aromatic carbocycles. The second-order valence-electron chi connectivity index (χ2n) is 5.93. The topological polar surface area (TPSA) is 59.0 Å². The molecule has 1 N–H and O–H groups in total. The first-order chi connectivity index (χ1) is 10.1. The minimum Gasteiger partial charge on any atom is -0.482 e. The van der Waals surface area contributed by atoms with E-state index in [-0.39, 0.29) is 24.0 Å². The molecular weight excluding hydrogens is 270 g/mol. The monoisotopic (exact) mass is 291 g/mol. The zero-order valence-corrected chi connectivity index (χ0v) is 12.4. The molecule has 0 bridgehead atoms. The van der Waals surface area contributed by atoms with Gasteiger partial charge < -0.3 is 19.5 Å². The van der Waals surface area contributed by atoms with Gasteiger partial charge in [0, 0.05) is 13.1 Å². The van der Waals surface area contributed by atoms with Crippen molar-refractivity contribution >= 4 is 5.91 Å². The summed E-state index contributed by atoms with van der Waals surface area (Å²) in [5.74, 6) is 1.32. The van der Waals surface area contributed by atoms with Crippen LogP contribution in [0, 0.1) is 5.92 Å². The molecule has 0 aromatic heterocycles. The number of benzene rings is 1. The molecule has 114 valence electrons. The van der Waals surface area contributed by atoms with Crippen molar-refractivity contribution in [1.82, 2.24) is 4.90 Å². The van der Waals surface area contributed by atoms with Crippen molar-refractivity contribution in [3.63, 3.8) is 0 Å². The Kier molecular flexibility index (Phi) is 3.76. The number of carbonyl (C=O) groups is 1. The molecule has 0 spiro atoms.